The van der Waals surface area contributed by atoms with Gasteiger partial charge in [-0.25, -0.2) is 0 Å². The van der Waals surface area contributed by atoms with Gasteiger partial charge in [0.15, 0.2) is 0 Å². The average molecular weight is 506 g/mol. The van der Waals surface area contributed by atoms with E-state index in [1.54, 1.807) is 0 Å². The quantitative estimate of drug-likeness (QED) is 0.338. The molecule has 0 amide bonds. The van der Waals surface area contributed by atoms with Gasteiger partial charge in [0.25, 0.3) is 0 Å². The zero-order valence-corrected chi connectivity index (χ0v) is 9.95. The molecule has 0 N–H and O–H groups in total. The SMILES string of the molecule is [Ag].[InH3].[InH3].[O]=[Zn].[O]=[Zn]. The van der Waals surface area contributed by atoms with Crippen LogP contribution in [0.15, 0.2) is 0 Å². The first-order valence-electron chi connectivity index (χ1n) is 0.577. The Balaban J connectivity index is -0.00000000267. The Kier molecular flexibility index (Phi) is 264. The molecule has 0 fully saturated rings. The Morgan fingerprint density at radius 3 is 0.714 bits per heavy atom. The van der Waals surface area contributed by atoms with E-state index in [0.717, 1.165) is 0 Å². The summed E-state index contributed by atoms with van der Waals surface area (Å²) in [5.41, 5.74) is 0. The van der Waals surface area contributed by atoms with Crippen molar-refractivity contribution in [2.45, 2.75) is 0 Å². The standard InChI is InChI=1S/Ag.2In.2O.2Zn.6H. The molecule has 0 atom stereocenters. The van der Waals surface area contributed by atoms with Crippen molar-refractivity contribution >= 4 is 51.7 Å². The normalized spacial score (nSPS) is 1.71. The predicted octanol–water partition coefficient (Wildman–Crippen LogP) is -2.61. The van der Waals surface area contributed by atoms with Gasteiger partial charge in [0.1, 0.15) is 0 Å². The van der Waals surface area contributed by atoms with E-state index in [-0.39, 0.29) is 111 Å². The molecule has 0 aliphatic rings. The van der Waals surface area contributed by atoms with Crippen molar-refractivity contribution in [2.75, 3.05) is 0 Å². The van der Waals surface area contributed by atoms with Gasteiger partial charge < -0.3 is 0 Å². The van der Waals surface area contributed by atoms with Crippen LogP contribution in [0.25, 0.3) is 0 Å². The number of rotatable bonds is 0. The number of hydrogen-bond acceptors (Lipinski definition) is 2. The van der Waals surface area contributed by atoms with Gasteiger partial charge in [0, 0.05) is 22.4 Å². The van der Waals surface area contributed by atoms with Crippen molar-refractivity contribution < 1.29 is 66.0 Å². The second-order valence-electron chi connectivity index (χ2n) is 0. The average Bonchev–Trinajstić information content (AvgIpc) is 1.50. The van der Waals surface area contributed by atoms with Crippen molar-refractivity contribution in [3.63, 3.8) is 0 Å². The maximum absolute atomic E-state index is 8.38. The third-order valence-corrected chi connectivity index (χ3v) is 0. The fourth-order valence-electron chi connectivity index (χ4n) is 0. The Hall–Kier alpha value is 3.33. The molecule has 0 aromatic rings. The summed E-state index contributed by atoms with van der Waals surface area (Å²) in [6.07, 6.45) is 0. The molecule has 0 aromatic heterocycles. The molecule has 0 bridgehead atoms. The van der Waals surface area contributed by atoms with Crippen LogP contribution in [0, 0.1) is 0 Å². The summed E-state index contributed by atoms with van der Waals surface area (Å²) in [4.78, 5) is 0. The molecule has 0 saturated carbocycles. The van der Waals surface area contributed by atoms with Crippen LogP contribution in [0.3, 0.4) is 0 Å². The Labute approximate surface area is 115 Å². The van der Waals surface area contributed by atoms with Crippen LogP contribution in [0.1, 0.15) is 0 Å². The summed E-state index contributed by atoms with van der Waals surface area (Å²) in [7, 11) is 0. The van der Waals surface area contributed by atoms with Crippen LogP contribution in [0.5, 0.6) is 0 Å². The van der Waals surface area contributed by atoms with Gasteiger partial charge in [0.05, 0.1) is 0 Å². The Morgan fingerprint density at radius 1 is 0.714 bits per heavy atom. The Morgan fingerprint density at radius 2 is 0.714 bits per heavy atom. The van der Waals surface area contributed by atoms with E-state index in [1.165, 1.54) is 0 Å². The molecule has 7 heteroatoms. The Bertz CT molecular complexity index is 15.7. The van der Waals surface area contributed by atoms with Crippen molar-refractivity contribution in [1.29, 1.82) is 0 Å². The summed E-state index contributed by atoms with van der Waals surface area (Å²) in [6.45, 7) is 0. The summed E-state index contributed by atoms with van der Waals surface area (Å²) < 4.78 is 16.8. The van der Waals surface area contributed by atoms with E-state index < -0.39 is 0 Å². The molecule has 39 valence electrons. The molecule has 7 heavy (non-hydrogen) atoms. The molecular formula is H6AgIn2O2Zn2. The van der Waals surface area contributed by atoms with Crippen LogP contribution in [-0.2, 0) is 66.0 Å². The van der Waals surface area contributed by atoms with E-state index >= 15 is 0 Å². The number of hydrogen-bond donors (Lipinski definition) is 0. The molecule has 0 aliphatic carbocycles. The molecule has 0 rings (SSSR count). The van der Waals surface area contributed by atoms with Gasteiger partial charge in [-0.05, 0) is 0 Å². The first-order valence-corrected chi connectivity index (χ1v) is 3.00. The van der Waals surface area contributed by atoms with E-state index in [9.17, 15) is 0 Å². The van der Waals surface area contributed by atoms with E-state index in [4.69, 9.17) is 7.15 Å². The minimum atomic E-state index is 0. The first-order chi connectivity index (χ1) is 2.00. The predicted molar refractivity (Wildman–Crippen MR) is 21.3 cm³/mol. The third kappa shape index (κ3) is 45.2. The van der Waals surface area contributed by atoms with Gasteiger partial charge in [0.2, 0.25) is 0 Å². The molecule has 2 nitrogen and oxygen atoms in total. The summed E-state index contributed by atoms with van der Waals surface area (Å²) >= 11 is 0.250. The van der Waals surface area contributed by atoms with E-state index in [1.807, 2.05) is 0 Å². The second-order valence-corrected chi connectivity index (χ2v) is 0. The van der Waals surface area contributed by atoms with Crippen LogP contribution in [0.4, 0.5) is 0 Å². The van der Waals surface area contributed by atoms with E-state index in [2.05, 4.69) is 0 Å². The minimum absolute atomic E-state index is 0. The van der Waals surface area contributed by atoms with Crippen LogP contribution in [-0.4, -0.2) is 51.7 Å². The molecule has 0 saturated heterocycles. The van der Waals surface area contributed by atoms with E-state index in [0.29, 0.717) is 0 Å². The van der Waals surface area contributed by atoms with Crippen molar-refractivity contribution in [2.24, 2.45) is 0 Å². The molecular weight excluding hydrogens is 500 g/mol. The van der Waals surface area contributed by atoms with Crippen molar-refractivity contribution in [3.8, 4) is 0 Å². The van der Waals surface area contributed by atoms with Gasteiger partial charge in [-0.3, -0.25) is 0 Å². The summed E-state index contributed by atoms with van der Waals surface area (Å²) in [6, 6.07) is 0. The summed E-state index contributed by atoms with van der Waals surface area (Å²) in [5.74, 6) is 0. The third-order valence-electron chi connectivity index (χ3n) is 0. The second kappa shape index (κ2) is 58.4. The zero-order valence-electron chi connectivity index (χ0n) is 2.53. The molecule has 0 unspecified atom stereocenters. The molecule has 0 spiro atoms. The zero-order chi connectivity index (χ0) is 4.00. The van der Waals surface area contributed by atoms with Gasteiger partial charge in [-0.15, -0.1) is 0 Å². The first kappa shape index (κ1) is 31.7. The maximum atomic E-state index is 8.38. The van der Waals surface area contributed by atoms with Crippen molar-refractivity contribution in [3.05, 3.63) is 0 Å². The molecule has 0 heterocycles. The molecule has 0 aliphatic heterocycles. The van der Waals surface area contributed by atoms with Crippen LogP contribution in [0.2, 0.25) is 0 Å². The monoisotopic (exact) mass is 503 g/mol. The van der Waals surface area contributed by atoms with Gasteiger partial charge >= 0.3 is 95.3 Å². The molecule has 0 aromatic carbocycles. The van der Waals surface area contributed by atoms with Crippen molar-refractivity contribution in [1.82, 2.24) is 0 Å². The fourth-order valence-corrected chi connectivity index (χ4v) is 0. The van der Waals surface area contributed by atoms with Crippen LogP contribution >= 0.6 is 0 Å². The fraction of sp³-hybridized carbons (Fsp3) is 0. The topological polar surface area (TPSA) is 34.1 Å². The van der Waals surface area contributed by atoms with Crippen LogP contribution < -0.4 is 0 Å². The van der Waals surface area contributed by atoms with Gasteiger partial charge in [-0.1, -0.05) is 0 Å². The van der Waals surface area contributed by atoms with Gasteiger partial charge in [-0.2, -0.15) is 0 Å². The summed E-state index contributed by atoms with van der Waals surface area (Å²) in [5, 5.41) is 0. The molecule has 1 radical (unpaired) electrons.